The van der Waals surface area contributed by atoms with E-state index in [1.165, 1.54) is 12.1 Å². The Kier molecular flexibility index (Phi) is 6.68. The van der Waals surface area contributed by atoms with Gasteiger partial charge in [0, 0.05) is 0 Å². The summed E-state index contributed by atoms with van der Waals surface area (Å²) in [7, 11) is 0. The fourth-order valence-corrected chi connectivity index (χ4v) is 4.07. The Morgan fingerprint density at radius 1 is 0.571 bits per heavy atom. The molecule has 0 aliphatic heterocycles. The summed E-state index contributed by atoms with van der Waals surface area (Å²) in [4.78, 5) is 0. The molecule has 0 radical (unpaired) electrons. The van der Waals surface area contributed by atoms with Crippen molar-refractivity contribution in [1.82, 2.24) is 0 Å². The molecule has 6 heteroatoms. The zero-order valence-corrected chi connectivity index (χ0v) is 15.3. The van der Waals surface area contributed by atoms with Gasteiger partial charge in [-0.2, -0.15) is 0 Å². The first-order valence-corrected chi connectivity index (χ1v) is 9.51. The minimum atomic E-state index is -0.859. The molecule has 0 nitrogen and oxygen atoms in total. The molecule has 0 amide bonds. The van der Waals surface area contributed by atoms with Crippen molar-refractivity contribution in [3.63, 3.8) is 0 Å². The third kappa shape index (κ3) is 5.09. The van der Waals surface area contributed by atoms with Gasteiger partial charge in [0.1, 0.15) is 35.6 Å². The average Bonchev–Trinajstić information content (AvgIpc) is 3.28. The predicted octanol–water partition coefficient (Wildman–Crippen LogP) is 7.14. The van der Waals surface area contributed by atoms with Crippen molar-refractivity contribution in [3.8, 4) is 0 Å². The van der Waals surface area contributed by atoms with Gasteiger partial charge in [-0.15, -0.1) is 0 Å². The van der Waals surface area contributed by atoms with Gasteiger partial charge in [0.05, 0.1) is 0 Å². The quantitative estimate of drug-likeness (QED) is 0.470. The van der Waals surface area contributed by atoms with Crippen LogP contribution in [0.25, 0.3) is 0 Å². The van der Waals surface area contributed by atoms with Crippen LogP contribution in [0.2, 0.25) is 0 Å². The molecule has 2 fully saturated rings. The second kappa shape index (κ2) is 9.01. The van der Waals surface area contributed by atoms with E-state index < -0.39 is 35.6 Å². The molecule has 0 unspecified atom stereocenters. The molecule has 152 valence electrons. The molecule has 0 aromatic heterocycles. The van der Waals surface area contributed by atoms with Crippen molar-refractivity contribution < 1.29 is 26.3 Å². The molecule has 2 aromatic carbocycles. The Morgan fingerprint density at radius 2 is 0.964 bits per heavy atom. The third-order valence-corrected chi connectivity index (χ3v) is 5.53. The molecule has 2 aliphatic carbocycles. The van der Waals surface area contributed by atoms with Crippen molar-refractivity contribution in [3.05, 3.63) is 70.8 Å². The smallest absolute Gasteiger partial charge is 0.126 e. The van der Waals surface area contributed by atoms with E-state index in [-0.39, 0.29) is 11.8 Å². The van der Waals surface area contributed by atoms with Crippen LogP contribution in [0, 0.1) is 23.3 Å². The van der Waals surface area contributed by atoms with Gasteiger partial charge in [-0.05, 0) is 97.9 Å². The number of benzene rings is 2. The van der Waals surface area contributed by atoms with Crippen LogP contribution < -0.4 is 0 Å². The molecular weight excluding hydrogens is 378 g/mol. The SMILES string of the molecule is Fc1ccc(F)c([C@@H]2CC[C@@H](F)C2)c1.Fc1ccc(F)c([C@H]2CC[C@@H](F)C2)c1. The van der Waals surface area contributed by atoms with E-state index in [0.29, 0.717) is 49.7 Å². The van der Waals surface area contributed by atoms with Crippen molar-refractivity contribution in [2.45, 2.75) is 62.7 Å². The lowest BCUT2D eigenvalue weighted by Crippen LogP contribution is -1.99. The maximum Gasteiger partial charge on any atom is 0.126 e. The molecule has 0 bridgehead atoms. The number of alkyl halides is 2. The normalized spacial score (nSPS) is 26.8. The monoisotopic (exact) mass is 400 g/mol. The van der Waals surface area contributed by atoms with E-state index in [2.05, 4.69) is 0 Å². The van der Waals surface area contributed by atoms with Crippen LogP contribution in [0.4, 0.5) is 26.3 Å². The van der Waals surface area contributed by atoms with E-state index >= 15 is 0 Å². The van der Waals surface area contributed by atoms with Crippen LogP contribution in [-0.4, -0.2) is 12.3 Å². The fraction of sp³-hybridized carbons (Fsp3) is 0.455. The molecule has 2 saturated carbocycles. The zero-order valence-electron chi connectivity index (χ0n) is 15.3. The van der Waals surface area contributed by atoms with Crippen molar-refractivity contribution in [2.24, 2.45) is 0 Å². The average molecular weight is 400 g/mol. The lowest BCUT2D eigenvalue weighted by Gasteiger charge is -2.10. The van der Waals surface area contributed by atoms with Crippen LogP contribution >= 0.6 is 0 Å². The summed E-state index contributed by atoms with van der Waals surface area (Å²) in [5.74, 6) is -2.06. The van der Waals surface area contributed by atoms with Crippen molar-refractivity contribution in [1.29, 1.82) is 0 Å². The Hall–Kier alpha value is -1.98. The first-order chi connectivity index (χ1) is 13.3. The van der Waals surface area contributed by atoms with Crippen LogP contribution in [0.5, 0.6) is 0 Å². The summed E-state index contributed by atoms with van der Waals surface area (Å²) in [5.41, 5.74) is 0.648. The number of halogens is 6. The highest BCUT2D eigenvalue weighted by molar-refractivity contribution is 5.25. The van der Waals surface area contributed by atoms with Gasteiger partial charge in [0.15, 0.2) is 0 Å². The van der Waals surface area contributed by atoms with Gasteiger partial charge in [0.2, 0.25) is 0 Å². The van der Waals surface area contributed by atoms with Gasteiger partial charge in [0.25, 0.3) is 0 Å². The highest BCUT2D eigenvalue weighted by atomic mass is 19.2. The number of hydrogen-bond donors (Lipinski definition) is 0. The summed E-state index contributed by atoms with van der Waals surface area (Å²) in [6.45, 7) is 0. The summed E-state index contributed by atoms with van der Waals surface area (Å²) in [6, 6.07) is 6.74. The summed E-state index contributed by atoms with van der Waals surface area (Å²) < 4.78 is 77.9. The molecule has 0 heterocycles. The third-order valence-electron chi connectivity index (χ3n) is 5.53. The Bertz CT molecular complexity index is 738. The van der Waals surface area contributed by atoms with Gasteiger partial charge in [-0.25, -0.2) is 26.3 Å². The highest BCUT2D eigenvalue weighted by Gasteiger charge is 2.28. The summed E-state index contributed by atoms with van der Waals surface area (Å²) in [6.07, 6.45) is 1.07. The lowest BCUT2D eigenvalue weighted by molar-refractivity contribution is 0.338. The van der Waals surface area contributed by atoms with Crippen LogP contribution in [0.15, 0.2) is 36.4 Å². The van der Waals surface area contributed by atoms with E-state index in [9.17, 15) is 26.3 Å². The van der Waals surface area contributed by atoms with Crippen LogP contribution in [0.3, 0.4) is 0 Å². The van der Waals surface area contributed by atoms with E-state index in [1.807, 2.05) is 0 Å². The standard InChI is InChI=1S/2C11H11F3/c2*12-8-2-1-7(5-8)10-6-9(13)3-4-11(10)14/h2*3-4,6-8H,1-2,5H2/t7-,8+;7-,8-/m01/s1. The second-order valence-electron chi connectivity index (χ2n) is 7.55. The first-order valence-electron chi connectivity index (χ1n) is 9.51. The highest BCUT2D eigenvalue weighted by Crippen LogP contribution is 2.38. The van der Waals surface area contributed by atoms with Gasteiger partial charge < -0.3 is 0 Å². The van der Waals surface area contributed by atoms with E-state index in [0.717, 1.165) is 24.3 Å². The van der Waals surface area contributed by atoms with E-state index in [1.54, 1.807) is 0 Å². The molecular formula is C22H22F6. The maximum atomic E-state index is 13.3. The van der Waals surface area contributed by atoms with Gasteiger partial charge in [-0.3, -0.25) is 0 Å². The molecule has 0 N–H and O–H groups in total. The summed E-state index contributed by atoms with van der Waals surface area (Å²) in [5, 5.41) is 0. The molecule has 28 heavy (non-hydrogen) atoms. The number of rotatable bonds is 2. The molecule has 2 aliphatic rings. The Morgan fingerprint density at radius 3 is 1.29 bits per heavy atom. The Labute approximate surface area is 160 Å². The molecule has 4 atom stereocenters. The van der Waals surface area contributed by atoms with Crippen molar-refractivity contribution in [2.75, 3.05) is 0 Å². The molecule has 4 rings (SSSR count). The Balaban J connectivity index is 0.000000161. The molecule has 0 spiro atoms. The van der Waals surface area contributed by atoms with Crippen LogP contribution in [-0.2, 0) is 0 Å². The minimum Gasteiger partial charge on any atom is -0.247 e. The number of hydrogen-bond acceptors (Lipinski definition) is 0. The summed E-state index contributed by atoms with van der Waals surface area (Å²) >= 11 is 0. The fourth-order valence-electron chi connectivity index (χ4n) is 4.07. The second-order valence-corrected chi connectivity index (χ2v) is 7.55. The lowest BCUT2D eigenvalue weighted by atomic mass is 9.97. The van der Waals surface area contributed by atoms with Gasteiger partial charge >= 0.3 is 0 Å². The van der Waals surface area contributed by atoms with E-state index in [4.69, 9.17) is 0 Å². The largest absolute Gasteiger partial charge is 0.247 e. The molecule has 2 aromatic rings. The topological polar surface area (TPSA) is 0 Å². The van der Waals surface area contributed by atoms with Crippen LogP contribution in [0.1, 0.15) is 61.5 Å². The van der Waals surface area contributed by atoms with Gasteiger partial charge in [-0.1, -0.05) is 0 Å². The predicted molar refractivity (Wildman–Crippen MR) is 95.7 cm³/mol. The first kappa shape index (κ1) is 20.7. The zero-order chi connectivity index (χ0) is 20.3. The minimum absolute atomic E-state index is 0.152. The molecule has 0 saturated heterocycles. The van der Waals surface area contributed by atoms with Crippen molar-refractivity contribution >= 4 is 0 Å². The maximum absolute atomic E-state index is 13.3.